The molecule has 39 heavy (non-hydrogen) atoms. The molecule has 5 aliphatic rings. The van der Waals surface area contributed by atoms with Crippen molar-refractivity contribution >= 4 is 34.5 Å². The van der Waals surface area contributed by atoms with E-state index in [0.29, 0.717) is 29.2 Å². The molecule has 7 nitrogen and oxygen atoms in total. The summed E-state index contributed by atoms with van der Waals surface area (Å²) in [6.45, 7) is 1.90. The van der Waals surface area contributed by atoms with Crippen LogP contribution >= 0.6 is 11.6 Å². The first-order valence-electron chi connectivity index (χ1n) is 13.7. The van der Waals surface area contributed by atoms with Gasteiger partial charge in [-0.25, -0.2) is 4.68 Å². The number of carboxylic acids is 1. The lowest BCUT2D eigenvalue weighted by atomic mass is 9.85. The Morgan fingerprint density at radius 2 is 1.77 bits per heavy atom. The minimum atomic E-state index is -0.903. The molecule has 1 amide bonds. The van der Waals surface area contributed by atoms with Gasteiger partial charge in [-0.05, 0) is 71.7 Å². The first-order valence-corrected chi connectivity index (χ1v) is 14.1. The molecule has 3 aromatic carbocycles. The second-order valence-corrected chi connectivity index (χ2v) is 11.0. The van der Waals surface area contributed by atoms with Gasteiger partial charge >= 0.3 is 5.97 Å². The van der Waals surface area contributed by atoms with Gasteiger partial charge in [-0.15, -0.1) is 5.10 Å². The number of hydrogen-bond donors (Lipinski definition) is 1. The Bertz CT molecular complexity index is 1550. The number of aliphatic carboxylic acids is 1. The van der Waals surface area contributed by atoms with Gasteiger partial charge in [0.1, 0.15) is 5.52 Å². The number of aromatic nitrogens is 3. The van der Waals surface area contributed by atoms with Crippen LogP contribution in [-0.2, 0) is 30.7 Å². The lowest BCUT2D eigenvalue weighted by Gasteiger charge is -2.30. The summed E-state index contributed by atoms with van der Waals surface area (Å²) >= 11 is 6.89. The van der Waals surface area contributed by atoms with Crippen LogP contribution in [0.1, 0.15) is 76.2 Å². The molecule has 0 saturated carbocycles. The smallest absolute Gasteiger partial charge is 0.304 e. The summed E-state index contributed by atoms with van der Waals surface area (Å²) in [5.41, 5.74) is 7.24. The first kappa shape index (κ1) is 25.6. The van der Waals surface area contributed by atoms with E-state index in [9.17, 15) is 14.7 Å². The number of halogens is 1. The van der Waals surface area contributed by atoms with Crippen LogP contribution in [0.15, 0.2) is 54.6 Å². The van der Waals surface area contributed by atoms with Crippen LogP contribution in [0.5, 0.6) is 0 Å². The number of rotatable bonds is 2. The van der Waals surface area contributed by atoms with Crippen molar-refractivity contribution in [2.45, 2.75) is 64.0 Å². The molecule has 0 spiro atoms. The minimum absolute atomic E-state index is 0.0263. The van der Waals surface area contributed by atoms with Crippen LogP contribution in [0.4, 0.5) is 0 Å². The van der Waals surface area contributed by atoms with Gasteiger partial charge in [-0.3, -0.25) is 9.59 Å². The fourth-order valence-electron chi connectivity index (χ4n) is 5.94. The lowest BCUT2D eigenvalue weighted by Crippen LogP contribution is -2.36. The van der Waals surface area contributed by atoms with Crippen molar-refractivity contribution in [2.24, 2.45) is 0 Å². The molecular formula is C31H31ClN4O3. The van der Waals surface area contributed by atoms with Gasteiger partial charge in [0.2, 0.25) is 0 Å². The highest BCUT2D eigenvalue weighted by atomic mass is 35.5. The van der Waals surface area contributed by atoms with Crippen molar-refractivity contribution in [3.63, 3.8) is 0 Å². The molecular weight excluding hydrogens is 512 g/mol. The highest BCUT2D eigenvalue weighted by Gasteiger charge is 2.27. The highest BCUT2D eigenvalue weighted by molar-refractivity contribution is 6.35. The second kappa shape index (κ2) is 10.8. The molecule has 1 aromatic heterocycles. The molecule has 1 atom stereocenters. The quantitative estimate of drug-likeness (QED) is 0.335. The Morgan fingerprint density at radius 3 is 2.59 bits per heavy atom. The molecule has 9 rings (SSSR count). The lowest BCUT2D eigenvalue weighted by molar-refractivity contribution is -0.137. The highest BCUT2D eigenvalue weighted by Crippen LogP contribution is 2.38. The zero-order chi connectivity index (χ0) is 26.9. The molecule has 6 heterocycles. The predicted octanol–water partition coefficient (Wildman–Crippen LogP) is 6.01. The fraction of sp³-hybridized carbons (Fsp3) is 0.355. The van der Waals surface area contributed by atoms with Gasteiger partial charge < -0.3 is 10.0 Å². The number of carbonyl (C=O) groups excluding carboxylic acids is 1. The molecule has 200 valence electrons. The molecule has 9 bridgehead atoms. The SMILES string of the molecule is O=C(O)CC1c2ccc3c(c2)CN(CC3)C(=O)c2ccc(cc2)CCCCCCn2nnc3c(Cl)c1ccc32. The number of hydrogen-bond acceptors (Lipinski definition) is 4. The van der Waals surface area contributed by atoms with Crippen molar-refractivity contribution in [1.82, 2.24) is 19.9 Å². The number of aryl methyl sites for hydroxylation is 2. The number of benzene rings is 3. The van der Waals surface area contributed by atoms with Crippen molar-refractivity contribution in [3.8, 4) is 0 Å². The van der Waals surface area contributed by atoms with Gasteiger partial charge in [0.05, 0.1) is 17.0 Å². The topological polar surface area (TPSA) is 88.3 Å². The third-order valence-corrected chi connectivity index (χ3v) is 8.53. The van der Waals surface area contributed by atoms with Crippen molar-refractivity contribution in [2.75, 3.05) is 6.54 Å². The third-order valence-electron chi connectivity index (χ3n) is 8.13. The van der Waals surface area contributed by atoms with Crippen molar-refractivity contribution in [1.29, 1.82) is 0 Å². The summed E-state index contributed by atoms with van der Waals surface area (Å²) in [6, 6.07) is 18.0. The maximum atomic E-state index is 13.4. The van der Waals surface area contributed by atoms with E-state index in [-0.39, 0.29) is 12.3 Å². The molecule has 0 saturated heterocycles. The summed E-state index contributed by atoms with van der Waals surface area (Å²) in [5.74, 6) is -1.33. The van der Waals surface area contributed by atoms with Gasteiger partial charge in [-0.2, -0.15) is 0 Å². The average molecular weight is 543 g/mol. The summed E-state index contributed by atoms with van der Waals surface area (Å²) in [6.07, 6.45) is 5.93. The molecule has 0 fully saturated rings. The van der Waals surface area contributed by atoms with E-state index in [1.807, 2.05) is 39.9 Å². The summed E-state index contributed by atoms with van der Waals surface area (Å²) in [4.78, 5) is 27.2. The van der Waals surface area contributed by atoms with E-state index < -0.39 is 11.9 Å². The molecule has 8 heteroatoms. The Labute approximate surface area is 232 Å². The van der Waals surface area contributed by atoms with E-state index >= 15 is 0 Å². The Morgan fingerprint density at radius 1 is 0.949 bits per heavy atom. The number of nitrogens with zero attached hydrogens (tertiary/aromatic N) is 4. The zero-order valence-corrected chi connectivity index (χ0v) is 22.5. The Kier molecular flexibility index (Phi) is 7.09. The van der Waals surface area contributed by atoms with E-state index in [2.05, 4.69) is 34.6 Å². The van der Waals surface area contributed by atoms with E-state index in [1.54, 1.807) is 0 Å². The van der Waals surface area contributed by atoms with E-state index in [4.69, 9.17) is 11.6 Å². The standard InChI is InChI=1S/C31H31ClN4O3/c32-29-25-12-13-27-30(29)33-34-36(27)15-4-2-1-3-5-20-6-8-22(9-7-20)31(39)35-16-14-21-10-11-23(17-24(21)19-35)26(25)18-28(37)38/h6-13,17,26H,1-5,14-16,18-19H2,(H,37,38). The van der Waals surface area contributed by atoms with Crippen LogP contribution in [-0.4, -0.2) is 43.4 Å². The normalized spacial score (nSPS) is 18.0. The number of carbonyl (C=O) groups is 2. The fourth-order valence-corrected chi connectivity index (χ4v) is 6.27. The minimum Gasteiger partial charge on any atom is -0.481 e. The van der Waals surface area contributed by atoms with Crippen molar-refractivity contribution in [3.05, 3.63) is 93.0 Å². The van der Waals surface area contributed by atoms with E-state index in [1.165, 1.54) is 11.1 Å². The summed E-state index contributed by atoms with van der Waals surface area (Å²) in [5, 5.41) is 19.0. The second-order valence-electron chi connectivity index (χ2n) is 10.7. The predicted molar refractivity (Wildman–Crippen MR) is 150 cm³/mol. The van der Waals surface area contributed by atoms with Crippen LogP contribution in [0.25, 0.3) is 11.0 Å². The van der Waals surface area contributed by atoms with Crippen LogP contribution < -0.4 is 0 Å². The first-order chi connectivity index (χ1) is 19.0. The molecule has 5 aliphatic heterocycles. The molecule has 0 radical (unpaired) electrons. The van der Waals surface area contributed by atoms with Gasteiger partial charge in [0.15, 0.2) is 0 Å². The summed E-state index contributed by atoms with van der Waals surface area (Å²) < 4.78 is 1.90. The van der Waals surface area contributed by atoms with Crippen LogP contribution in [0, 0.1) is 0 Å². The van der Waals surface area contributed by atoms with Crippen molar-refractivity contribution < 1.29 is 14.7 Å². The molecule has 1 unspecified atom stereocenters. The third kappa shape index (κ3) is 5.15. The molecule has 4 aromatic rings. The molecule has 0 aliphatic carbocycles. The van der Waals surface area contributed by atoms with Crippen LogP contribution in [0.2, 0.25) is 5.02 Å². The number of amides is 1. The zero-order valence-electron chi connectivity index (χ0n) is 21.8. The largest absolute Gasteiger partial charge is 0.481 e. The maximum absolute atomic E-state index is 13.4. The average Bonchev–Trinajstić information content (AvgIpc) is 3.36. The molecule has 1 N–H and O–H groups in total. The number of carboxylic acid groups (broad SMARTS) is 1. The van der Waals surface area contributed by atoms with E-state index in [0.717, 1.165) is 67.3 Å². The van der Waals surface area contributed by atoms with Gasteiger partial charge in [0.25, 0.3) is 5.91 Å². The monoisotopic (exact) mass is 542 g/mol. The Balaban J connectivity index is 1.41. The summed E-state index contributed by atoms with van der Waals surface area (Å²) in [7, 11) is 0. The Hall–Kier alpha value is -3.71. The van der Waals surface area contributed by atoms with Gasteiger partial charge in [0, 0.05) is 31.1 Å². The van der Waals surface area contributed by atoms with Gasteiger partial charge in [-0.1, -0.05) is 66.1 Å². The van der Waals surface area contributed by atoms with Crippen LogP contribution in [0.3, 0.4) is 0 Å². The maximum Gasteiger partial charge on any atom is 0.304 e.